The molecule has 6 N–H and O–H groups in total. The minimum absolute atomic E-state index is 0.0888. The Morgan fingerprint density at radius 2 is 1.06 bits per heavy atom. The lowest BCUT2D eigenvalue weighted by Crippen LogP contribution is -2.64. The van der Waals surface area contributed by atoms with Crippen LogP contribution in [0.2, 0.25) is 0 Å². The number of phosphoric acid groups is 1. The zero-order valence-electron chi connectivity index (χ0n) is 29.0. The number of esters is 2. The monoisotopic (exact) mass is 710 g/mol. The van der Waals surface area contributed by atoms with Crippen molar-refractivity contribution in [3.05, 3.63) is 12.2 Å². The zero-order valence-corrected chi connectivity index (χ0v) is 29.9. The van der Waals surface area contributed by atoms with Crippen molar-refractivity contribution < 1.29 is 63.1 Å². The van der Waals surface area contributed by atoms with Crippen LogP contribution in [-0.4, -0.2) is 98.3 Å². The molecular weight excluding hydrogens is 647 g/mol. The molecule has 0 amide bonds. The molecule has 6 atom stereocenters. The molecule has 48 heavy (non-hydrogen) atoms. The summed E-state index contributed by atoms with van der Waals surface area (Å²) in [6.07, 6.45) is 9.46. The van der Waals surface area contributed by atoms with Gasteiger partial charge in [0.2, 0.25) is 0 Å². The van der Waals surface area contributed by atoms with Gasteiger partial charge in [0.15, 0.2) is 6.10 Å². The van der Waals surface area contributed by atoms with Gasteiger partial charge in [0.05, 0.1) is 6.61 Å². The van der Waals surface area contributed by atoms with Crippen molar-refractivity contribution in [3.8, 4) is 0 Å². The molecule has 1 rings (SSSR count). The van der Waals surface area contributed by atoms with Crippen LogP contribution in [0.25, 0.3) is 0 Å². The van der Waals surface area contributed by atoms with Crippen LogP contribution in [0.4, 0.5) is 0 Å². The predicted octanol–water partition coefficient (Wildman–Crippen LogP) is 4.77. The van der Waals surface area contributed by atoms with Gasteiger partial charge in [-0.15, -0.1) is 0 Å². The van der Waals surface area contributed by atoms with Crippen LogP contribution in [0, 0.1) is 0 Å². The fraction of sp³-hybridized carbons (Fsp3) is 0.882. The third-order valence-electron chi connectivity index (χ3n) is 8.36. The first-order valence-electron chi connectivity index (χ1n) is 18.0. The first-order chi connectivity index (χ1) is 22.9. The largest absolute Gasteiger partial charge is 0.472 e. The van der Waals surface area contributed by atoms with Crippen molar-refractivity contribution in [1.29, 1.82) is 0 Å². The highest BCUT2D eigenvalue weighted by molar-refractivity contribution is 7.47. The van der Waals surface area contributed by atoms with Crippen LogP contribution in [0.3, 0.4) is 0 Å². The molecule has 0 saturated heterocycles. The summed E-state index contributed by atoms with van der Waals surface area (Å²) in [4.78, 5) is 35.0. The average molecular weight is 711 g/mol. The summed E-state index contributed by atoms with van der Waals surface area (Å²) in [6.45, 7) is 3.09. The summed E-state index contributed by atoms with van der Waals surface area (Å²) in [5, 5.41) is 49.7. The molecule has 0 spiro atoms. The van der Waals surface area contributed by atoms with Crippen LogP contribution < -0.4 is 0 Å². The van der Waals surface area contributed by atoms with E-state index >= 15 is 0 Å². The average Bonchev–Trinajstić information content (AvgIpc) is 3.06. The summed E-state index contributed by atoms with van der Waals surface area (Å²) < 4.78 is 33.0. The normalized spacial score (nSPS) is 24.8. The predicted molar refractivity (Wildman–Crippen MR) is 180 cm³/mol. The number of hydrogen-bond donors (Lipinski definition) is 6. The second-order valence-electron chi connectivity index (χ2n) is 12.7. The lowest BCUT2D eigenvalue weighted by molar-refractivity contribution is -0.220. The van der Waals surface area contributed by atoms with E-state index in [1.807, 2.05) is 6.92 Å². The number of rotatable bonds is 28. The Labute approximate surface area is 286 Å². The van der Waals surface area contributed by atoms with Crippen molar-refractivity contribution in [3.63, 3.8) is 0 Å². The number of aliphatic hydroxyl groups is 5. The van der Waals surface area contributed by atoms with Gasteiger partial charge < -0.3 is 39.9 Å². The quantitative estimate of drug-likeness (QED) is 0.0280. The number of phosphoric ester groups is 1. The second kappa shape index (κ2) is 26.4. The summed E-state index contributed by atoms with van der Waals surface area (Å²) in [5.74, 6) is -1.13. The standard InChI is InChI=1S/C34H63O13P/c1-3-5-7-9-10-11-12-13-14-15-16-17-18-19-21-23-28(36)46-26(24-44-27(35)22-20-8-6-4-2)25-45-48(42,43)47-34-32(40)30(38)29(37)31(39)33(34)41/h13-14,26,29-34,37-41H,3-12,15-25H2,1-2H3,(H,42,43)/b14-13-. The molecule has 6 unspecified atom stereocenters. The molecule has 1 fully saturated rings. The third-order valence-corrected chi connectivity index (χ3v) is 9.34. The maximum absolute atomic E-state index is 12.6. The van der Waals surface area contributed by atoms with E-state index < -0.39 is 75.7 Å². The Hall–Kier alpha value is -1.41. The van der Waals surface area contributed by atoms with E-state index in [0.717, 1.165) is 57.8 Å². The SMILES string of the molecule is CCCCCCCC/C=C\CCCCCCCC(=O)OC(COC(=O)CCCCCC)COP(=O)(O)OC1C(O)C(O)C(O)C(O)C1O. The number of carbonyl (C=O) groups excluding carboxylic acids is 2. The maximum Gasteiger partial charge on any atom is 0.472 e. The van der Waals surface area contributed by atoms with Crippen molar-refractivity contribution in [2.45, 2.75) is 179 Å². The van der Waals surface area contributed by atoms with Gasteiger partial charge in [0.1, 0.15) is 43.2 Å². The van der Waals surface area contributed by atoms with Gasteiger partial charge in [-0.3, -0.25) is 18.6 Å². The first kappa shape index (κ1) is 44.6. The topological polar surface area (TPSA) is 210 Å². The Morgan fingerprint density at radius 1 is 0.625 bits per heavy atom. The van der Waals surface area contributed by atoms with E-state index in [9.17, 15) is 44.6 Å². The Morgan fingerprint density at radius 3 is 1.60 bits per heavy atom. The highest BCUT2D eigenvalue weighted by atomic mass is 31.2. The minimum Gasteiger partial charge on any atom is -0.462 e. The van der Waals surface area contributed by atoms with Crippen LogP contribution in [0.1, 0.15) is 136 Å². The molecule has 282 valence electrons. The Balaban J connectivity index is 2.50. The van der Waals surface area contributed by atoms with Crippen molar-refractivity contribution in [2.24, 2.45) is 0 Å². The van der Waals surface area contributed by atoms with Gasteiger partial charge in [0, 0.05) is 12.8 Å². The molecule has 0 bridgehead atoms. The van der Waals surface area contributed by atoms with E-state index in [1.54, 1.807) is 0 Å². The summed E-state index contributed by atoms with van der Waals surface area (Å²) in [7, 11) is -5.09. The molecule has 13 nitrogen and oxygen atoms in total. The number of unbranched alkanes of at least 4 members (excludes halogenated alkanes) is 14. The second-order valence-corrected chi connectivity index (χ2v) is 14.1. The first-order valence-corrected chi connectivity index (χ1v) is 19.5. The molecule has 0 aromatic carbocycles. The Kier molecular flexibility index (Phi) is 24.5. The molecule has 1 saturated carbocycles. The highest BCUT2D eigenvalue weighted by Gasteiger charge is 2.51. The van der Waals surface area contributed by atoms with Crippen LogP contribution in [-0.2, 0) is 32.7 Å². The van der Waals surface area contributed by atoms with Gasteiger partial charge in [-0.05, 0) is 38.5 Å². The maximum atomic E-state index is 12.6. The number of allylic oxidation sites excluding steroid dienone is 2. The highest BCUT2D eigenvalue weighted by Crippen LogP contribution is 2.47. The van der Waals surface area contributed by atoms with Crippen LogP contribution >= 0.6 is 7.82 Å². The van der Waals surface area contributed by atoms with E-state index in [1.165, 1.54) is 38.5 Å². The summed E-state index contributed by atoms with van der Waals surface area (Å²) >= 11 is 0. The van der Waals surface area contributed by atoms with Gasteiger partial charge in [0.25, 0.3) is 0 Å². The number of carbonyl (C=O) groups is 2. The fourth-order valence-electron chi connectivity index (χ4n) is 5.34. The van der Waals surface area contributed by atoms with E-state index in [0.29, 0.717) is 12.8 Å². The van der Waals surface area contributed by atoms with E-state index in [2.05, 4.69) is 19.1 Å². The summed E-state index contributed by atoms with van der Waals surface area (Å²) in [5.41, 5.74) is 0. The molecule has 0 heterocycles. The van der Waals surface area contributed by atoms with Crippen LogP contribution in [0.15, 0.2) is 12.2 Å². The van der Waals surface area contributed by atoms with Crippen molar-refractivity contribution >= 4 is 19.8 Å². The molecule has 14 heteroatoms. The van der Waals surface area contributed by atoms with Crippen molar-refractivity contribution in [1.82, 2.24) is 0 Å². The minimum atomic E-state index is -5.09. The van der Waals surface area contributed by atoms with Gasteiger partial charge >= 0.3 is 19.8 Å². The van der Waals surface area contributed by atoms with Crippen LogP contribution in [0.5, 0.6) is 0 Å². The molecule has 0 aromatic heterocycles. The lowest BCUT2D eigenvalue weighted by atomic mass is 9.85. The molecule has 0 aromatic rings. The number of aliphatic hydroxyl groups excluding tert-OH is 5. The molecule has 1 aliphatic carbocycles. The van der Waals surface area contributed by atoms with E-state index in [-0.39, 0.29) is 12.8 Å². The molecule has 0 radical (unpaired) electrons. The van der Waals surface area contributed by atoms with Crippen molar-refractivity contribution in [2.75, 3.05) is 13.2 Å². The smallest absolute Gasteiger partial charge is 0.462 e. The lowest BCUT2D eigenvalue weighted by Gasteiger charge is -2.41. The fourth-order valence-corrected chi connectivity index (χ4v) is 6.31. The number of ether oxygens (including phenoxy) is 2. The van der Waals surface area contributed by atoms with E-state index in [4.69, 9.17) is 18.5 Å². The Bertz CT molecular complexity index is 917. The van der Waals surface area contributed by atoms with Gasteiger partial charge in [-0.2, -0.15) is 0 Å². The van der Waals surface area contributed by atoms with Gasteiger partial charge in [-0.25, -0.2) is 4.57 Å². The molecule has 0 aliphatic heterocycles. The molecular formula is C34H63O13P. The van der Waals surface area contributed by atoms with Gasteiger partial charge in [-0.1, -0.05) is 96.6 Å². The zero-order chi connectivity index (χ0) is 35.8. The third kappa shape index (κ3) is 19.7. The summed E-state index contributed by atoms with van der Waals surface area (Å²) in [6, 6.07) is 0. The number of hydrogen-bond acceptors (Lipinski definition) is 12. The molecule has 1 aliphatic rings.